The molecule has 2 amide bonds. The highest BCUT2D eigenvalue weighted by Gasteiger charge is 2.38. The van der Waals surface area contributed by atoms with Gasteiger partial charge in [-0.1, -0.05) is 0 Å². The average Bonchev–Trinajstić information content (AvgIpc) is 2.81. The lowest BCUT2D eigenvalue weighted by atomic mass is 10.1. The maximum Gasteiger partial charge on any atom is 0.323 e. The molecule has 2 rings (SSSR count). The number of hydrogen-bond donors (Lipinski definition) is 1. The summed E-state index contributed by atoms with van der Waals surface area (Å²) in [5.74, 6) is -2.59. The van der Waals surface area contributed by atoms with Crippen LogP contribution in [0.25, 0.3) is 6.08 Å². The van der Waals surface area contributed by atoms with Gasteiger partial charge in [0.25, 0.3) is 22.5 Å². The topological polar surface area (TPSA) is 170 Å². The number of aliphatic carboxylic acids is 1. The summed E-state index contributed by atoms with van der Waals surface area (Å²) in [6.45, 7) is -0.894. The number of nitrogens with zero attached hydrogens (tertiary/aromatic N) is 3. The molecule has 0 radical (unpaired) electrons. The molecule has 136 valence electrons. The van der Waals surface area contributed by atoms with Crippen LogP contribution in [0.3, 0.4) is 0 Å². The van der Waals surface area contributed by atoms with Crippen LogP contribution in [-0.2, 0) is 9.59 Å². The van der Waals surface area contributed by atoms with Crippen molar-refractivity contribution in [2.24, 2.45) is 0 Å². The quantitative estimate of drug-likeness (QED) is 0.432. The zero-order chi connectivity index (χ0) is 19.6. The molecule has 1 aliphatic rings. The van der Waals surface area contributed by atoms with Crippen molar-refractivity contribution in [3.05, 3.63) is 42.8 Å². The largest absolute Gasteiger partial charge is 0.496 e. The number of rotatable bonds is 6. The van der Waals surface area contributed by atoms with Crippen molar-refractivity contribution in [3.8, 4) is 5.75 Å². The summed E-state index contributed by atoms with van der Waals surface area (Å²) in [5.41, 5.74) is -1.93. The zero-order valence-electron chi connectivity index (χ0n) is 12.9. The Kier molecular flexibility index (Phi) is 5.21. The number of hydrogen-bond acceptors (Lipinski definition) is 9. The molecule has 13 heteroatoms. The number of nitro groups is 2. The minimum absolute atomic E-state index is 0.139. The zero-order valence-corrected chi connectivity index (χ0v) is 13.7. The minimum Gasteiger partial charge on any atom is -0.496 e. The number of methoxy groups -OCH3 is 1. The fourth-order valence-corrected chi connectivity index (χ4v) is 2.89. The van der Waals surface area contributed by atoms with Crippen LogP contribution in [0.4, 0.5) is 16.2 Å². The van der Waals surface area contributed by atoms with Gasteiger partial charge in [-0.15, -0.1) is 0 Å². The van der Waals surface area contributed by atoms with E-state index in [1.165, 1.54) is 7.11 Å². The Hall–Kier alpha value is -3.48. The molecule has 0 unspecified atom stereocenters. The van der Waals surface area contributed by atoms with Crippen molar-refractivity contribution in [2.75, 3.05) is 13.7 Å². The van der Waals surface area contributed by atoms with Gasteiger partial charge in [-0.3, -0.25) is 39.5 Å². The highest BCUT2D eigenvalue weighted by molar-refractivity contribution is 8.18. The van der Waals surface area contributed by atoms with E-state index in [0.717, 1.165) is 18.2 Å². The molecule has 1 N–H and O–H groups in total. The summed E-state index contributed by atoms with van der Waals surface area (Å²) >= 11 is 0.328. The van der Waals surface area contributed by atoms with Crippen molar-refractivity contribution in [1.82, 2.24) is 4.90 Å². The number of thioether (sulfide) groups is 1. The lowest BCUT2D eigenvalue weighted by Crippen LogP contribution is -2.33. The third-order valence-corrected chi connectivity index (χ3v) is 4.09. The van der Waals surface area contributed by atoms with E-state index in [9.17, 15) is 34.6 Å². The van der Waals surface area contributed by atoms with Crippen LogP contribution in [0.5, 0.6) is 5.75 Å². The van der Waals surface area contributed by atoms with Gasteiger partial charge in [-0.05, 0) is 17.8 Å². The van der Waals surface area contributed by atoms with E-state index in [-0.39, 0.29) is 10.7 Å². The second-order valence-electron chi connectivity index (χ2n) is 4.76. The van der Waals surface area contributed by atoms with Gasteiger partial charge in [-0.2, -0.15) is 0 Å². The third kappa shape index (κ3) is 3.61. The number of imide groups is 1. The van der Waals surface area contributed by atoms with Crippen molar-refractivity contribution < 1.29 is 34.1 Å². The van der Waals surface area contributed by atoms with Gasteiger partial charge in [0.05, 0.1) is 34.0 Å². The Labute approximate surface area is 148 Å². The molecule has 0 saturated carbocycles. The maximum absolute atomic E-state index is 12.1. The molecule has 26 heavy (non-hydrogen) atoms. The first-order valence-electron chi connectivity index (χ1n) is 6.63. The minimum atomic E-state index is -1.44. The highest BCUT2D eigenvalue weighted by Crippen LogP contribution is 2.39. The van der Waals surface area contributed by atoms with Crippen LogP contribution in [-0.4, -0.2) is 50.6 Å². The Morgan fingerprint density at radius 2 is 1.81 bits per heavy atom. The number of carboxylic acid groups (broad SMARTS) is 1. The number of benzene rings is 1. The van der Waals surface area contributed by atoms with E-state index < -0.39 is 50.4 Å². The van der Waals surface area contributed by atoms with Gasteiger partial charge in [0.2, 0.25) is 0 Å². The number of carboxylic acids is 1. The van der Waals surface area contributed by atoms with E-state index in [4.69, 9.17) is 9.84 Å². The molecule has 1 heterocycles. The summed E-state index contributed by atoms with van der Waals surface area (Å²) in [6.07, 6.45) is 0.822. The molecule has 1 fully saturated rings. The van der Waals surface area contributed by atoms with Gasteiger partial charge in [-0.25, -0.2) is 0 Å². The van der Waals surface area contributed by atoms with Gasteiger partial charge >= 0.3 is 5.97 Å². The summed E-state index contributed by atoms with van der Waals surface area (Å²) in [7, 11) is 1.17. The van der Waals surface area contributed by atoms with Gasteiger partial charge in [0.15, 0.2) is 0 Å². The van der Waals surface area contributed by atoms with Crippen LogP contribution in [0, 0.1) is 20.2 Å². The SMILES string of the molecule is COc1cc([N+](=O)[O-])c(/C=C2\SC(=O)N(CC(=O)O)C2=O)c([N+](=O)[O-])c1. The predicted octanol–water partition coefficient (Wildman–Crippen LogP) is 1.63. The molecule has 0 bridgehead atoms. The first kappa shape index (κ1) is 18.9. The molecule has 12 nitrogen and oxygen atoms in total. The van der Waals surface area contributed by atoms with Crippen LogP contribution >= 0.6 is 11.8 Å². The smallest absolute Gasteiger partial charge is 0.323 e. The van der Waals surface area contributed by atoms with Crippen LogP contribution in [0.15, 0.2) is 17.0 Å². The first-order chi connectivity index (χ1) is 12.1. The van der Waals surface area contributed by atoms with Crippen molar-refractivity contribution >= 4 is 46.3 Å². The van der Waals surface area contributed by atoms with E-state index in [0.29, 0.717) is 16.7 Å². The van der Waals surface area contributed by atoms with E-state index in [2.05, 4.69) is 0 Å². The average molecular weight is 383 g/mol. The van der Waals surface area contributed by atoms with Crippen molar-refractivity contribution in [3.63, 3.8) is 0 Å². The van der Waals surface area contributed by atoms with Crippen molar-refractivity contribution in [2.45, 2.75) is 0 Å². The van der Waals surface area contributed by atoms with Gasteiger partial charge < -0.3 is 9.84 Å². The Bertz CT molecular complexity index is 845. The molecule has 0 spiro atoms. The second-order valence-corrected chi connectivity index (χ2v) is 5.75. The Morgan fingerprint density at radius 3 is 2.23 bits per heavy atom. The van der Waals surface area contributed by atoms with Crippen LogP contribution in [0.2, 0.25) is 0 Å². The first-order valence-corrected chi connectivity index (χ1v) is 7.45. The lowest BCUT2D eigenvalue weighted by Gasteiger charge is -2.08. The van der Waals surface area contributed by atoms with E-state index >= 15 is 0 Å². The highest BCUT2D eigenvalue weighted by atomic mass is 32.2. The fraction of sp³-hybridized carbons (Fsp3) is 0.154. The summed E-state index contributed by atoms with van der Waals surface area (Å²) in [4.78, 5) is 55.3. The second kappa shape index (κ2) is 7.18. The molecule has 1 aromatic carbocycles. The van der Waals surface area contributed by atoms with E-state index in [1.807, 2.05) is 0 Å². The lowest BCUT2D eigenvalue weighted by molar-refractivity contribution is -0.394. The molecule has 0 aromatic heterocycles. The number of nitro benzene ring substituents is 2. The number of carbonyl (C=O) groups is 3. The summed E-state index contributed by atoms with van der Waals surface area (Å²) in [5, 5.41) is 30.3. The number of amides is 2. The maximum atomic E-state index is 12.1. The van der Waals surface area contributed by atoms with Gasteiger partial charge in [0.1, 0.15) is 17.9 Å². The molecule has 0 atom stereocenters. The molecular formula is C13H9N3O9S. The summed E-state index contributed by atoms with van der Waals surface area (Å²) < 4.78 is 4.79. The Balaban J connectivity index is 2.61. The predicted molar refractivity (Wildman–Crippen MR) is 86.6 cm³/mol. The van der Waals surface area contributed by atoms with Crippen molar-refractivity contribution in [1.29, 1.82) is 0 Å². The monoisotopic (exact) mass is 383 g/mol. The summed E-state index contributed by atoms with van der Waals surface area (Å²) in [6, 6.07) is 1.86. The third-order valence-electron chi connectivity index (χ3n) is 3.18. The molecule has 1 saturated heterocycles. The normalized spacial score (nSPS) is 15.4. The standard InChI is InChI=1S/C13H9N3O9S/c1-25-6-2-8(15(21)22)7(9(3-6)16(23)24)4-10-12(19)14(5-11(17)18)13(20)26-10/h2-4H,5H2,1H3,(H,17,18)/b10-4-. The fourth-order valence-electron chi connectivity index (χ4n) is 2.07. The van der Waals surface area contributed by atoms with Crippen LogP contribution in [0.1, 0.15) is 5.56 Å². The molecular weight excluding hydrogens is 374 g/mol. The van der Waals surface area contributed by atoms with E-state index in [1.54, 1.807) is 0 Å². The number of carbonyl (C=O) groups excluding carboxylic acids is 2. The molecule has 1 aromatic rings. The van der Waals surface area contributed by atoms with Gasteiger partial charge in [0, 0.05) is 0 Å². The van der Waals surface area contributed by atoms with Crippen LogP contribution < -0.4 is 4.74 Å². The molecule has 1 aliphatic heterocycles. The Morgan fingerprint density at radius 1 is 1.27 bits per heavy atom. The molecule has 0 aliphatic carbocycles. The number of ether oxygens (including phenoxy) is 1.